The average molecular weight is 271 g/mol. The van der Waals surface area contributed by atoms with E-state index in [-0.39, 0.29) is 6.61 Å². The molecule has 0 aromatic heterocycles. The van der Waals surface area contributed by atoms with Crippen LogP contribution in [0, 0.1) is 0 Å². The van der Waals surface area contributed by atoms with Gasteiger partial charge in [-0.3, -0.25) is 0 Å². The molecule has 82 valence electrons. The molecule has 0 aliphatic heterocycles. The van der Waals surface area contributed by atoms with Gasteiger partial charge in [0, 0.05) is 11.1 Å². The number of rotatable bonds is 6. The minimum absolute atomic E-state index is 0.206. The van der Waals surface area contributed by atoms with Crippen LogP contribution in [0.1, 0.15) is 12.8 Å². The highest BCUT2D eigenvalue weighted by Crippen LogP contribution is 2.17. The summed E-state index contributed by atoms with van der Waals surface area (Å²) < 4.78 is 6.55. The van der Waals surface area contributed by atoms with Crippen molar-refractivity contribution in [3.63, 3.8) is 0 Å². The third-order valence-corrected chi connectivity index (χ3v) is 2.47. The van der Waals surface area contributed by atoms with Crippen LogP contribution in [-0.4, -0.2) is 18.3 Å². The molecule has 0 heterocycles. The molecule has 0 radical (unpaired) electrons. The Morgan fingerprint density at radius 3 is 2.60 bits per heavy atom. The van der Waals surface area contributed by atoms with E-state index in [0.29, 0.717) is 6.61 Å². The van der Waals surface area contributed by atoms with E-state index in [4.69, 9.17) is 9.84 Å². The first-order valence-corrected chi connectivity index (χ1v) is 5.67. The number of hydrogen-bond donors (Lipinski definition) is 1. The molecule has 0 bridgehead atoms. The highest BCUT2D eigenvalue weighted by atomic mass is 79.9. The van der Waals surface area contributed by atoms with Gasteiger partial charge in [0.15, 0.2) is 0 Å². The summed E-state index contributed by atoms with van der Waals surface area (Å²) in [6.07, 6.45) is 1.57. The van der Waals surface area contributed by atoms with E-state index in [1.165, 1.54) is 0 Å². The topological polar surface area (TPSA) is 29.5 Å². The number of benzene rings is 1. The smallest absolute Gasteiger partial charge is 0.119 e. The van der Waals surface area contributed by atoms with Crippen LogP contribution in [0.5, 0.6) is 5.75 Å². The molecule has 0 atom stereocenters. The Kier molecular flexibility index (Phi) is 5.43. The zero-order chi connectivity index (χ0) is 11.1. The first-order valence-electron chi connectivity index (χ1n) is 4.88. The monoisotopic (exact) mass is 270 g/mol. The molecule has 15 heavy (non-hydrogen) atoms. The first-order chi connectivity index (χ1) is 7.22. The molecular formula is C12H15BrO2. The van der Waals surface area contributed by atoms with Gasteiger partial charge in [0.05, 0.1) is 0 Å². The summed E-state index contributed by atoms with van der Waals surface area (Å²) in [5, 5.41) is 8.64. The van der Waals surface area contributed by atoms with Crippen LogP contribution >= 0.6 is 15.9 Å². The van der Waals surface area contributed by atoms with Crippen molar-refractivity contribution in [2.24, 2.45) is 0 Å². The minimum Gasteiger partial charge on any atom is -0.489 e. The average Bonchev–Trinajstić information content (AvgIpc) is 2.25. The van der Waals surface area contributed by atoms with Crippen LogP contribution in [0.2, 0.25) is 0 Å². The Morgan fingerprint density at radius 1 is 1.33 bits per heavy atom. The molecular weight excluding hydrogens is 256 g/mol. The number of aliphatic hydroxyl groups excluding tert-OH is 1. The van der Waals surface area contributed by atoms with Crippen molar-refractivity contribution in [3.05, 3.63) is 40.9 Å². The van der Waals surface area contributed by atoms with Gasteiger partial charge >= 0.3 is 0 Å². The van der Waals surface area contributed by atoms with Crippen molar-refractivity contribution in [2.45, 2.75) is 12.8 Å². The van der Waals surface area contributed by atoms with Gasteiger partial charge in [-0.05, 0) is 42.7 Å². The highest BCUT2D eigenvalue weighted by Gasteiger charge is 1.97. The van der Waals surface area contributed by atoms with Gasteiger partial charge in [-0.25, -0.2) is 0 Å². The van der Waals surface area contributed by atoms with Crippen molar-refractivity contribution in [1.29, 1.82) is 0 Å². The lowest BCUT2D eigenvalue weighted by atomic mass is 10.2. The van der Waals surface area contributed by atoms with Gasteiger partial charge in [0.25, 0.3) is 0 Å². The molecule has 0 unspecified atom stereocenters. The fourth-order valence-electron chi connectivity index (χ4n) is 1.12. The van der Waals surface area contributed by atoms with Crippen molar-refractivity contribution in [3.8, 4) is 5.75 Å². The Labute approximate surface area is 98.7 Å². The third-order valence-electron chi connectivity index (χ3n) is 1.95. The van der Waals surface area contributed by atoms with Crippen LogP contribution in [0.15, 0.2) is 40.9 Å². The standard InChI is InChI=1S/C12H15BrO2/c1-10(3-2-8-14)9-15-12-6-4-11(13)5-7-12/h4-7,14H,1-3,8-9H2. The van der Waals surface area contributed by atoms with Crippen molar-refractivity contribution in [2.75, 3.05) is 13.2 Å². The fourth-order valence-corrected chi connectivity index (χ4v) is 1.38. The van der Waals surface area contributed by atoms with Gasteiger partial charge in [-0.1, -0.05) is 22.5 Å². The van der Waals surface area contributed by atoms with Gasteiger partial charge in [-0.15, -0.1) is 0 Å². The van der Waals surface area contributed by atoms with E-state index in [0.717, 1.165) is 28.6 Å². The summed E-state index contributed by atoms with van der Waals surface area (Å²) in [7, 11) is 0. The van der Waals surface area contributed by atoms with Crippen LogP contribution in [-0.2, 0) is 0 Å². The first kappa shape index (κ1) is 12.3. The minimum atomic E-state index is 0.206. The van der Waals surface area contributed by atoms with Crippen molar-refractivity contribution >= 4 is 15.9 Å². The molecule has 0 amide bonds. The van der Waals surface area contributed by atoms with Crippen LogP contribution in [0.25, 0.3) is 0 Å². The second kappa shape index (κ2) is 6.64. The Bertz CT molecular complexity index is 306. The summed E-state index contributed by atoms with van der Waals surface area (Å²) >= 11 is 3.36. The fraction of sp³-hybridized carbons (Fsp3) is 0.333. The van der Waals surface area contributed by atoms with Crippen molar-refractivity contribution < 1.29 is 9.84 Å². The van der Waals surface area contributed by atoms with Gasteiger partial charge < -0.3 is 9.84 Å². The summed E-state index contributed by atoms with van der Waals surface area (Å²) in [6.45, 7) is 4.60. The Balaban J connectivity index is 2.30. The molecule has 1 rings (SSSR count). The lowest BCUT2D eigenvalue weighted by molar-refractivity contribution is 0.283. The summed E-state index contributed by atoms with van der Waals surface area (Å²) in [5.74, 6) is 0.836. The predicted octanol–water partition coefficient (Wildman–Crippen LogP) is 3.16. The molecule has 0 saturated heterocycles. The third kappa shape index (κ3) is 5.00. The number of aliphatic hydroxyl groups is 1. The quantitative estimate of drug-likeness (QED) is 0.805. The number of hydrogen-bond acceptors (Lipinski definition) is 2. The second-order valence-electron chi connectivity index (χ2n) is 3.32. The van der Waals surface area contributed by atoms with E-state index >= 15 is 0 Å². The normalized spacial score (nSPS) is 10.0. The van der Waals surface area contributed by atoms with E-state index in [1.54, 1.807) is 0 Å². The molecule has 0 fully saturated rings. The molecule has 1 aromatic carbocycles. The molecule has 1 N–H and O–H groups in total. The highest BCUT2D eigenvalue weighted by molar-refractivity contribution is 9.10. The van der Waals surface area contributed by atoms with E-state index < -0.39 is 0 Å². The Hall–Kier alpha value is -0.800. The molecule has 0 spiro atoms. The van der Waals surface area contributed by atoms with Crippen LogP contribution in [0.4, 0.5) is 0 Å². The number of ether oxygens (including phenoxy) is 1. The lowest BCUT2D eigenvalue weighted by Crippen LogP contribution is -2.01. The van der Waals surface area contributed by atoms with E-state index in [9.17, 15) is 0 Å². The SMILES string of the molecule is C=C(CCCO)COc1ccc(Br)cc1. The maximum Gasteiger partial charge on any atom is 0.119 e. The van der Waals surface area contributed by atoms with Gasteiger partial charge in [-0.2, -0.15) is 0 Å². The molecule has 2 nitrogen and oxygen atoms in total. The van der Waals surface area contributed by atoms with E-state index in [2.05, 4.69) is 22.5 Å². The zero-order valence-electron chi connectivity index (χ0n) is 8.58. The Morgan fingerprint density at radius 2 is 2.00 bits per heavy atom. The molecule has 0 saturated carbocycles. The molecule has 1 aromatic rings. The maximum atomic E-state index is 8.64. The number of halogens is 1. The second-order valence-corrected chi connectivity index (χ2v) is 4.24. The maximum absolute atomic E-state index is 8.64. The van der Waals surface area contributed by atoms with E-state index in [1.807, 2.05) is 24.3 Å². The summed E-state index contributed by atoms with van der Waals surface area (Å²) in [4.78, 5) is 0. The predicted molar refractivity (Wildman–Crippen MR) is 65.1 cm³/mol. The lowest BCUT2D eigenvalue weighted by Gasteiger charge is -2.08. The summed E-state index contributed by atoms with van der Waals surface area (Å²) in [5.41, 5.74) is 1.01. The molecule has 0 aliphatic carbocycles. The van der Waals surface area contributed by atoms with Gasteiger partial charge in [0.2, 0.25) is 0 Å². The molecule has 3 heteroatoms. The summed E-state index contributed by atoms with van der Waals surface area (Å²) in [6, 6.07) is 7.68. The van der Waals surface area contributed by atoms with Gasteiger partial charge in [0.1, 0.15) is 12.4 Å². The van der Waals surface area contributed by atoms with Crippen LogP contribution in [0.3, 0.4) is 0 Å². The zero-order valence-corrected chi connectivity index (χ0v) is 10.2. The molecule has 0 aliphatic rings. The van der Waals surface area contributed by atoms with Crippen molar-refractivity contribution in [1.82, 2.24) is 0 Å². The van der Waals surface area contributed by atoms with Crippen LogP contribution < -0.4 is 4.74 Å². The largest absolute Gasteiger partial charge is 0.489 e.